The summed E-state index contributed by atoms with van der Waals surface area (Å²) in [6.07, 6.45) is 1.26. The summed E-state index contributed by atoms with van der Waals surface area (Å²) in [6, 6.07) is 1.98. The Bertz CT molecular complexity index is 583. The summed E-state index contributed by atoms with van der Waals surface area (Å²) in [6.45, 7) is 7.74. The van der Waals surface area contributed by atoms with Gasteiger partial charge < -0.3 is 0 Å². The molecule has 19 heavy (non-hydrogen) atoms. The molecule has 1 fully saturated rings. The molecule has 1 aliphatic heterocycles. The Kier molecular flexibility index (Phi) is 3.74. The van der Waals surface area contributed by atoms with E-state index in [0.29, 0.717) is 5.15 Å². The second-order valence-electron chi connectivity index (χ2n) is 5.55. The lowest BCUT2D eigenvalue weighted by Gasteiger charge is -2.34. The lowest BCUT2D eigenvalue weighted by molar-refractivity contribution is 0.129. The number of aromatic nitrogens is 2. The lowest BCUT2D eigenvalue weighted by Crippen LogP contribution is -2.38. The van der Waals surface area contributed by atoms with Crippen molar-refractivity contribution in [3.05, 3.63) is 22.4 Å². The highest BCUT2D eigenvalue weighted by Crippen LogP contribution is 2.26. The largest absolute Gasteiger partial charge is 0.296 e. The minimum atomic E-state index is 0.583. The number of likely N-dealkylation sites (tertiary alicyclic amines) is 1. The summed E-state index contributed by atoms with van der Waals surface area (Å²) in [5.41, 5.74) is 0. The zero-order valence-corrected chi connectivity index (χ0v) is 12.8. The quantitative estimate of drug-likeness (QED) is 0.789. The van der Waals surface area contributed by atoms with Gasteiger partial charge in [0, 0.05) is 11.9 Å². The van der Waals surface area contributed by atoms with Crippen molar-refractivity contribution in [1.29, 1.82) is 0 Å². The van der Waals surface area contributed by atoms with Gasteiger partial charge in [-0.2, -0.15) is 0 Å². The predicted molar refractivity (Wildman–Crippen MR) is 80.6 cm³/mol. The van der Waals surface area contributed by atoms with Crippen LogP contribution >= 0.6 is 22.9 Å². The molecule has 0 aliphatic carbocycles. The highest BCUT2D eigenvalue weighted by molar-refractivity contribution is 7.16. The Balaban J connectivity index is 1.78. The molecule has 0 aromatic carbocycles. The van der Waals surface area contributed by atoms with E-state index in [1.807, 2.05) is 11.4 Å². The number of rotatable bonds is 2. The molecular formula is C14H18ClN3S. The molecule has 0 saturated carbocycles. The van der Waals surface area contributed by atoms with Gasteiger partial charge in [-0.3, -0.25) is 4.90 Å². The van der Waals surface area contributed by atoms with Crippen molar-refractivity contribution in [2.45, 2.75) is 26.8 Å². The molecule has 3 rings (SSSR count). The second-order valence-corrected chi connectivity index (χ2v) is 6.80. The number of hydrogen-bond acceptors (Lipinski definition) is 4. The average Bonchev–Trinajstić information content (AvgIpc) is 2.82. The van der Waals surface area contributed by atoms with Gasteiger partial charge in [-0.05, 0) is 36.2 Å². The van der Waals surface area contributed by atoms with Crippen LogP contribution in [0.15, 0.2) is 11.4 Å². The highest BCUT2D eigenvalue weighted by atomic mass is 35.5. The first-order chi connectivity index (χ1) is 9.13. The van der Waals surface area contributed by atoms with E-state index < -0.39 is 0 Å². The fourth-order valence-corrected chi connectivity index (χ4v) is 3.71. The number of fused-ring (bicyclic) bond motifs is 1. The molecule has 1 saturated heterocycles. The van der Waals surface area contributed by atoms with Crippen LogP contribution in [0.25, 0.3) is 10.2 Å². The van der Waals surface area contributed by atoms with Crippen LogP contribution in [0.5, 0.6) is 0 Å². The Morgan fingerprint density at radius 3 is 3.00 bits per heavy atom. The minimum absolute atomic E-state index is 0.583. The Labute approximate surface area is 122 Å². The van der Waals surface area contributed by atoms with E-state index in [4.69, 9.17) is 11.6 Å². The minimum Gasteiger partial charge on any atom is -0.296 e. The Morgan fingerprint density at radius 2 is 2.21 bits per heavy atom. The summed E-state index contributed by atoms with van der Waals surface area (Å²) in [4.78, 5) is 12.5. The van der Waals surface area contributed by atoms with Crippen molar-refractivity contribution in [2.75, 3.05) is 13.1 Å². The standard InChI is InChI=1S/C14H18ClN3S/c1-9-3-5-18(7-10(9)2)8-12-16-13(15)11-4-6-19-14(11)17-12/h4,6,9-10H,3,5,7-8H2,1-2H3. The van der Waals surface area contributed by atoms with E-state index in [1.54, 1.807) is 11.3 Å². The number of thiophene rings is 1. The van der Waals surface area contributed by atoms with E-state index in [1.165, 1.54) is 6.42 Å². The van der Waals surface area contributed by atoms with E-state index in [2.05, 4.69) is 28.7 Å². The third kappa shape index (κ3) is 2.76. The summed E-state index contributed by atoms with van der Waals surface area (Å²) in [5, 5.41) is 3.57. The molecule has 2 unspecified atom stereocenters. The molecule has 0 spiro atoms. The van der Waals surface area contributed by atoms with Gasteiger partial charge in [0.1, 0.15) is 15.8 Å². The molecule has 5 heteroatoms. The van der Waals surface area contributed by atoms with Crippen molar-refractivity contribution in [1.82, 2.24) is 14.9 Å². The first-order valence-corrected chi connectivity index (χ1v) is 8.01. The maximum absolute atomic E-state index is 6.21. The SMILES string of the molecule is CC1CCN(Cc2nc(Cl)c3ccsc3n2)CC1C. The second kappa shape index (κ2) is 5.35. The monoisotopic (exact) mass is 295 g/mol. The predicted octanol–water partition coefficient (Wildman–Crippen LogP) is 3.82. The zero-order chi connectivity index (χ0) is 13.4. The van der Waals surface area contributed by atoms with E-state index in [9.17, 15) is 0 Å². The third-order valence-corrected chi connectivity index (χ3v) is 5.20. The highest BCUT2D eigenvalue weighted by Gasteiger charge is 2.23. The number of piperidine rings is 1. The van der Waals surface area contributed by atoms with Gasteiger partial charge >= 0.3 is 0 Å². The number of halogens is 1. The topological polar surface area (TPSA) is 29.0 Å². The fourth-order valence-electron chi connectivity index (χ4n) is 2.62. The maximum atomic E-state index is 6.21. The number of hydrogen-bond donors (Lipinski definition) is 0. The lowest BCUT2D eigenvalue weighted by atomic mass is 9.89. The van der Waals surface area contributed by atoms with Gasteiger partial charge in [-0.1, -0.05) is 25.4 Å². The molecule has 3 nitrogen and oxygen atoms in total. The first kappa shape index (κ1) is 13.3. The Morgan fingerprint density at radius 1 is 1.37 bits per heavy atom. The van der Waals surface area contributed by atoms with Crippen LogP contribution in [0.1, 0.15) is 26.1 Å². The van der Waals surface area contributed by atoms with Crippen LogP contribution in [0.2, 0.25) is 5.15 Å². The summed E-state index contributed by atoms with van der Waals surface area (Å²) in [5.74, 6) is 2.41. The van der Waals surface area contributed by atoms with E-state index >= 15 is 0 Å². The van der Waals surface area contributed by atoms with Gasteiger partial charge in [0.15, 0.2) is 0 Å². The summed E-state index contributed by atoms with van der Waals surface area (Å²) < 4.78 is 0. The van der Waals surface area contributed by atoms with Gasteiger partial charge in [0.05, 0.1) is 6.54 Å². The van der Waals surface area contributed by atoms with Crippen LogP contribution in [0.3, 0.4) is 0 Å². The van der Waals surface area contributed by atoms with Crippen LogP contribution in [-0.4, -0.2) is 28.0 Å². The summed E-state index contributed by atoms with van der Waals surface area (Å²) in [7, 11) is 0. The molecule has 0 bridgehead atoms. The molecule has 1 aliphatic rings. The maximum Gasteiger partial charge on any atom is 0.145 e. The van der Waals surface area contributed by atoms with Crippen LogP contribution < -0.4 is 0 Å². The smallest absolute Gasteiger partial charge is 0.145 e. The van der Waals surface area contributed by atoms with Crippen LogP contribution in [0, 0.1) is 11.8 Å². The third-order valence-electron chi connectivity index (χ3n) is 4.11. The van der Waals surface area contributed by atoms with Crippen molar-refractivity contribution in [3.63, 3.8) is 0 Å². The molecule has 0 N–H and O–H groups in total. The number of nitrogens with zero attached hydrogens (tertiary/aromatic N) is 3. The fraction of sp³-hybridized carbons (Fsp3) is 0.571. The Hall–Kier alpha value is -0.710. The van der Waals surface area contributed by atoms with Gasteiger partial charge in [-0.25, -0.2) is 9.97 Å². The van der Waals surface area contributed by atoms with E-state index in [0.717, 1.165) is 47.5 Å². The molecule has 3 heterocycles. The van der Waals surface area contributed by atoms with Gasteiger partial charge in [0.25, 0.3) is 0 Å². The van der Waals surface area contributed by atoms with Gasteiger partial charge in [-0.15, -0.1) is 11.3 Å². The first-order valence-electron chi connectivity index (χ1n) is 6.75. The van der Waals surface area contributed by atoms with Crippen molar-refractivity contribution >= 4 is 33.2 Å². The summed E-state index contributed by atoms with van der Waals surface area (Å²) >= 11 is 7.83. The normalized spacial score (nSPS) is 25.0. The zero-order valence-electron chi connectivity index (χ0n) is 11.3. The molecule has 2 atom stereocenters. The molecular weight excluding hydrogens is 278 g/mol. The van der Waals surface area contributed by atoms with Crippen molar-refractivity contribution < 1.29 is 0 Å². The molecule has 102 valence electrons. The molecule has 2 aromatic rings. The molecule has 0 amide bonds. The van der Waals surface area contributed by atoms with Crippen LogP contribution in [-0.2, 0) is 6.54 Å². The van der Waals surface area contributed by atoms with Crippen molar-refractivity contribution in [3.8, 4) is 0 Å². The average molecular weight is 296 g/mol. The molecule has 0 radical (unpaired) electrons. The van der Waals surface area contributed by atoms with Gasteiger partial charge in [0.2, 0.25) is 0 Å². The van der Waals surface area contributed by atoms with Crippen molar-refractivity contribution in [2.24, 2.45) is 11.8 Å². The van der Waals surface area contributed by atoms with Crippen LogP contribution in [0.4, 0.5) is 0 Å². The molecule has 2 aromatic heterocycles. The van der Waals surface area contributed by atoms with E-state index in [-0.39, 0.29) is 0 Å².